The van der Waals surface area contributed by atoms with Crippen molar-refractivity contribution in [2.45, 2.75) is 45.6 Å². The highest BCUT2D eigenvalue weighted by Crippen LogP contribution is 2.49. The standard InChI is InChI=1S/C21H32N2O2/c1-17-4-8-22-11-19(17)14-25-16-21-7-2-3-20(21)13-23(15-21)12-18-5-9-24-10-6-18/h4,8,11,18,20H,2-3,5-7,9-10,12-16H2,1H3/t20-,21+/m0/s1. The molecule has 3 fully saturated rings. The molecular formula is C21H32N2O2. The van der Waals surface area contributed by atoms with Crippen LogP contribution in [-0.2, 0) is 16.1 Å². The Morgan fingerprint density at radius 3 is 3.04 bits per heavy atom. The number of ether oxygens (including phenoxy) is 2. The molecule has 1 aromatic rings. The van der Waals surface area contributed by atoms with Gasteiger partial charge in [0.25, 0.3) is 0 Å². The van der Waals surface area contributed by atoms with Crippen molar-refractivity contribution in [1.29, 1.82) is 0 Å². The Labute approximate surface area is 151 Å². The molecule has 0 bridgehead atoms. The van der Waals surface area contributed by atoms with E-state index in [2.05, 4.69) is 22.9 Å². The number of fused-ring (bicyclic) bond motifs is 1. The Morgan fingerprint density at radius 1 is 1.32 bits per heavy atom. The molecule has 2 saturated heterocycles. The Bertz CT molecular complexity index is 573. The second-order valence-corrected chi connectivity index (χ2v) is 8.50. The molecule has 1 saturated carbocycles. The third kappa shape index (κ3) is 3.91. The molecule has 2 aliphatic heterocycles. The van der Waals surface area contributed by atoms with E-state index in [0.717, 1.165) is 31.7 Å². The summed E-state index contributed by atoms with van der Waals surface area (Å²) in [5, 5.41) is 0. The molecule has 3 aliphatic rings. The minimum Gasteiger partial charge on any atom is -0.381 e. The maximum atomic E-state index is 6.24. The maximum Gasteiger partial charge on any atom is 0.0734 e. The van der Waals surface area contributed by atoms with E-state index >= 15 is 0 Å². The SMILES string of the molecule is Cc1ccncc1COC[C@]12CCC[C@H]1CN(CC1CCOCC1)C2. The van der Waals surface area contributed by atoms with Crippen LogP contribution in [0.25, 0.3) is 0 Å². The molecule has 1 aromatic heterocycles. The van der Waals surface area contributed by atoms with Crippen LogP contribution in [0.2, 0.25) is 0 Å². The van der Waals surface area contributed by atoms with Crippen molar-refractivity contribution in [1.82, 2.24) is 9.88 Å². The number of nitrogens with zero attached hydrogens (tertiary/aromatic N) is 2. The summed E-state index contributed by atoms with van der Waals surface area (Å²) in [5.74, 6) is 1.67. The van der Waals surface area contributed by atoms with E-state index < -0.39 is 0 Å². The fourth-order valence-corrected chi connectivity index (χ4v) is 5.21. The molecule has 0 unspecified atom stereocenters. The van der Waals surface area contributed by atoms with Crippen LogP contribution in [0, 0.1) is 24.2 Å². The normalized spacial score (nSPS) is 30.7. The molecule has 2 atom stereocenters. The van der Waals surface area contributed by atoms with Crippen LogP contribution in [0.4, 0.5) is 0 Å². The van der Waals surface area contributed by atoms with E-state index in [-0.39, 0.29) is 0 Å². The predicted molar refractivity (Wildman–Crippen MR) is 98.4 cm³/mol. The van der Waals surface area contributed by atoms with E-state index in [1.54, 1.807) is 0 Å². The average molecular weight is 344 g/mol. The molecule has 0 radical (unpaired) electrons. The minimum absolute atomic E-state index is 0.404. The number of aromatic nitrogens is 1. The maximum absolute atomic E-state index is 6.24. The predicted octanol–water partition coefficient (Wildman–Crippen LogP) is 3.44. The summed E-state index contributed by atoms with van der Waals surface area (Å²) >= 11 is 0. The lowest BCUT2D eigenvalue weighted by atomic mass is 9.81. The highest BCUT2D eigenvalue weighted by atomic mass is 16.5. The molecule has 0 aromatic carbocycles. The highest BCUT2D eigenvalue weighted by Gasteiger charge is 2.49. The highest BCUT2D eigenvalue weighted by molar-refractivity contribution is 5.20. The van der Waals surface area contributed by atoms with Crippen LogP contribution in [-0.4, -0.2) is 49.3 Å². The van der Waals surface area contributed by atoms with Crippen LogP contribution >= 0.6 is 0 Å². The summed E-state index contributed by atoms with van der Waals surface area (Å²) in [6.45, 7) is 9.46. The van der Waals surface area contributed by atoms with Crippen molar-refractivity contribution in [3.8, 4) is 0 Å². The van der Waals surface area contributed by atoms with Gasteiger partial charge in [-0.2, -0.15) is 0 Å². The van der Waals surface area contributed by atoms with Crippen molar-refractivity contribution >= 4 is 0 Å². The quantitative estimate of drug-likeness (QED) is 0.792. The van der Waals surface area contributed by atoms with Crippen molar-refractivity contribution in [2.75, 3.05) is 39.5 Å². The van der Waals surface area contributed by atoms with Crippen molar-refractivity contribution in [3.63, 3.8) is 0 Å². The zero-order valence-corrected chi connectivity index (χ0v) is 15.6. The van der Waals surface area contributed by atoms with Gasteiger partial charge >= 0.3 is 0 Å². The fourth-order valence-electron chi connectivity index (χ4n) is 5.21. The molecule has 4 rings (SSSR count). The number of rotatable bonds is 6. The first-order chi connectivity index (χ1) is 12.3. The largest absolute Gasteiger partial charge is 0.381 e. The molecule has 4 nitrogen and oxygen atoms in total. The van der Waals surface area contributed by atoms with E-state index in [1.165, 1.54) is 62.9 Å². The molecule has 4 heteroatoms. The number of likely N-dealkylation sites (tertiary alicyclic amines) is 1. The third-order valence-electron chi connectivity index (χ3n) is 6.76. The first-order valence-corrected chi connectivity index (χ1v) is 10.0. The molecule has 0 spiro atoms. The van der Waals surface area contributed by atoms with Crippen LogP contribution in [0.1, 0.15) is 43.2 Å². The second-order valence-electron chi connectivity index (χ2n) is 8.50. The van der Waals surface area contributed by atoms with Gasteiger partial charge in [-0.15, -0.1) is 0 Å². The average Bonchev–Trinajstić information content (AvgIpc) is 3.14. The van der Waals surface area contributed by atoms with Gasteiger partial charge in [0.15, 0.2) is 0 Å². The van der Waals surface area contributed by atoms with Gasteiger partial charge in [0.1, 0.15) is 0 Å². The zero-order chi connectivity index (χ0) is 17.1. The molecule has 0 amide bonds. The second kappa shape index (κ2) is 7.73. The number of hydrogen-bond donors (Lipinski definition) is 0. The van der Waals surface area contributed by atoms with Gasteiger partial charge in [-0.25, -0.2) is 0 Å². The number of hydrogen-bond acceptors (Lipinski definition) is 4. The Morgan fingerprint density at radius 2 is 2.20 bits per heavy atom. The Balaban J connectivity index is 1.32. The van der Waals surface area contributed by atoms with Crippen molar-refractivity contribution < 1.29 is 9.47 Å². The van der Waals surface area contributed by atoms with Gasteiger partial charge in [0.05, 0.1) is 13.2 Å². The Kier molecular flexibility index (Phi) is 5.39. The van der Waals surface area contributed by atoms with Crippen molar-refractivity contribution in [3.05, 3.63) is 29.6 Å². The summed E-state index contributed by atoms with van der Waals surface area (Å²) in [7, 11) is 0. The van der Waals surface area contributed by atoms with E-state index in [1.807, 2.05) is 12.4 Å². The van der Waals surface area contributed by atoms with Gasteiger partial charge < -0.3 is 14.4 Å². The lowest BCUT2D eigenvalue weighted by Crippen LogP contribution is -2.35. The monoisotopic (exact) mass is 344 g/mol. The van der Waals surface area contributed by atoms with Gasteiger partial charge in [-0.05, 0) is 61.6 Å². The van der Waals surface area contributed by atoms with Gasteiger partial charge in [-0.3, -0.25) is 4.98 Å². The van der Waals surface area contributed by atoms with Gasteiger partial charge in [0, 0.05) is 50.7 Å². The molecule has 1 aliphatic carbocycles. The molecule has 0 N–H and O–H groups in total. The summed E-state index contributed by atoms with van der Waals surface area (Å²) in [6, 6.07) is 2.07. The zero-order valence-electron chi connectivity index (χ0n) is 15.6. The number of pyridine rings is 1. The summed E-state index contributed by atoms with van der Waals surface area (Å²) in [6.07, 6.45) is 10.4. The lowest BCUT2D eigenvalue weighted by Gasteiger charge is -2.30. The Hall–Kier alpha value is -0.970. The van der Waals surface area contributed by atoms with Gasteiger partial charge in [-0.1, -0.05) is 6.42 Å². The van der Waals surface area contributed by atoms with Crippen LogP contribution < -0.4 is 0 Å². The van der Waals surface area contributed by atoms with Crippen LogP contribution in [0.15, 0.2) is 18.5 Å². The first-order valence-electron chi connectivity index (χ1n) is 10.0. The van der Waals surface area contributed by atoms with Gasteiger partial charge in [0.2, 0.25) is 0 Å². The van der Waals surface area contributed by atoms with Crippen LogP contribution in [0.5, 0.6) is 0 Å². The van der Waals surface area contributed by atoms with Crippen molar-refractivity contribution in [2.24, 2.45) is 17.3 Å². The molecule has 25 heavy (non-hydrogen) atoms. The van der Waals surface area contributed by atoms with E-state index in [0.29, 0.717) is 12.0 Å². The molecular weight excluding hydrogens is 312 g/mol. The number of aryl methyl sites for hydroxylation is 1. The van der Waals surface area contributed by atoms with E-state index in [9.17, 15) is 0 Å². The first kappa shape index (κ1) is 17.4. The topological polar surface area (TPSA) is 34.6 Å². The summed E-state index contributed by atoms with van der Waals surface area (Å²) in [5.41, 5.74) is 2.91. The van der Waals surface area contributed by atoms with E-state index in [4.69, 9.17) is 9.47 Å². The minimum atomic E-state index is 0.404. The summed E-state index contributed by atoms with van der Waals surface area (Å²) < 4.78 is 11.8. The smallest absolute Gasteiger partial charge is 0.0734 e. The molecule has 138 valence electrons. The fraction of sp³-hybridized carbons (Fsp3) is 0.762. The lowest BCUT2D eigenvalue weighted by molar-refractivity contribution is 0.0232. The van der Waals surface area contributed by atoms with Crippen LogP contribution in [0.3, 0.4) is 0 Å². The summed E-state index contributed by atoms with van der Waals surface area (Å²) in [4.78, 5) is 6.97. The molecule has 3 heterocycles. The third-order valence-corrected chi connectivity index (χ3v) is 6.76.